The Balaban J connectivity index is 1.61. The summed E-state index contributed by atoms with van der Waals surface area (Å²) in [5.41, 5.74) is 4.25. The maximum atomic E-state index is 13.7. The van der Waals surface area contributed by atoms with Gasteiger partial charge in [-0.2, -0.15) is 0 Å². The summed E-state index contributed by atoms with van der Waals surface area (Å²) in [7, 11) is 0. The number of carbonyl (C=O) groups excluding carboxylic acids is 2. The number of ether oxygens (including phenoxy) is 1. The highest BCUT2D eigenvalue weighted by molar-refractivity contribution is 5.88. The lowest BCUT2D eigenvalue weighted by Crippen LogP contribution is -2.53. The molecule has 0 spiro atoms. The Labute approximate surface area is 214 Å². The highest BCUT2D eigenvalue weighted by atomic mass is 16.5. The molecule has 3 aromatic rings. The molecule has 1 atom stereocenters. The average Bonchev–Trinajstić information content (AvgIpc) is 3.40. The van der Waals surface area contributed by atoms with Crippen molar-refractivity contribution >= 4 is 11.8 Å². The van der Waals surface area contributed by atoms with Gasteiger partial charge in [-0.15, -0.1) is 0 Å². The van der Waals surface area contributed by atoms with Crippen LogP contribution in [0.15, 0.2) is 78.9 Å². The van der Waals surface area contributed by atoms with Crippen molar-refractivity contribution in [1.29, 1.82) is 0 Å². The van der Waals surface area contributed by atoms with Gasteiger partial charge in [0.25, 0.3) is 5.91 Å². The first-order valence-electron chi connectivity index (χ1n) is 12.9. The fraction of sp³-hybridized carbons (Fsp3) is 0.355. The van der Waals surface area contributed by atoms with E-state index in [0.717, 1.165) is 47.9 Å². The van der Waals surface area contributed by atoms with E-state index >= 15 is 0 Å². The topological polar surface area (TPSA) is 58.6 Å². The lowest BCUT2D eigenvalue weighted by molar-refractivity contribution is -0.143. The maximum Gasteiger partial charge on any atom is 0.261 e. The van der Waals surface area contributed by atoms with Crippen LogP contribution in [0.25, 0.3) is 0 Å². The molecule has 4 rings (SSSR count). The molecular weight excluding hydrogens is 448 g/mol. The molecule has 5 heteroatoms. The number of rotatable bonds is 10. The Hall–Kier alpha value is -3.60. The van der Waals surface area contributed by atoms with Gasteiger partial charge >= 0.3 is 0 Å². The van der Waals surface area contributed by atoms with Gasteiger partial charge in [-0.3, -0.25) is 9.59 Å². The van der Waals surface area contributed by atoms with Gasteiger partial charge in [-0.05, 0) is 55.5 Å². The lowest BCUT2D eigenvalue weighted by Gasteiger charge is -2.32. The molecule has 3 aromatic carbocycles. The van der Waals surface area contributed by atoms with Gasteiger partial charge in [0.15, 0.2) is 6.61 Å². The van der Waals surface area contributed by atoms with E-state index in [2.05, 4.69) is 5.32 Å². The first-order chi connectivity index (χ1) is 17.5. The van der Waals surface area contributed by atoms with Crippen molar-refractivity contribution in [2.45, 2.75) is 64.6 Å². The van der Waals surface area contributed by atoms with Gasteiger partial charge in [0, 0.05) is 19.0 Å². The third kappa shape index (κ3) is 6.97. The predicted molar refractivity (Wildman–Crippen MR) is 143 cm³/mol. The van der Waals surface area contributed by atoms with E-state index in [0.29, 0.717) is 18.7 Å². The molecule has 0 heterocycles. The van der Waals surface area contributed by atoms with Crippen LogP contribution in [0.2, 0.25) is 0 Å². The Bertz CT molecular complexity index is 1140. The van der Waals surface area contributed by atoms with E-state index in [4.69, 9.17) is 4.74 Å². The summed E-state index contributed by atoms with van der Waals surface area (Å²) in [6.45, 7) is 4.26. The van der Waals surface area contributed by atoms with Crippen LogP contribution in [-0.2, 0) is 22.6 Å². The fourth-order valence-corrected chi connectivity index (χ4v) is 4.75. The summed E-state index contributed by atoms with van der Waals surface area (Å²) in [6, 6.07) is 25.1. The molecule has 2 amide bonds. The Kier molecular flexibility index (Phi) is 8.77. The average molecular weight is 485 g/mol. The molecule has 1 fully saturated rings. The minimum Gasteiger partial charge on any atom is -0.484 e. The van der Waals surface area contributed by atoms with Crippen LogP contribution in [0.4, 0.5) is 0 Å². The largest absolute Gasteiger partial charge is 0.484 e. The number of carbonyl (C=O) groups is 2. The summed E-state index contributed by atoms with van der Waals surface area (Å²) in [5, 5.41) is 3.24. The van der Waals surface area contributed by atoms with Crippen LogP contribution in [0.1, 0.15) is 47.9 Å². The monoisotopic (exact) mass is 484 g/mol. The highest BCUT2D eigenvalue weighted by Gasteiger charge is 2.32. The zero-order chi connectivity index (χ0) is 25.3. The second-order valence-corrected chi connectivity index (χ2v) is 9.75. The van der Waals surface area contributed by atoms with Crippen molar-refractivity contribution in [3.05, 3.63) is 101 Å². The summed E-state index contributed by atoms with van der Waals surface area (Å²) >= 11 is 0. The number of aryl methyl sites for hydroxylation is 2. The second kappa shape index (κ2) is 12.4. The second-order valence-electron chi connectivity index (χ2n) is 9.75. The number of amides is 2. The first-order valence-corrected chi connectivity index (χ1v) is 12.9. The van der Waals surface area contributed by atoms with Crippen LogP contribution >= 0.6 is 0 Å². The Morgan fingerprint density at radius 1 is 0.917 bits per heavy atom. The van der Waals surface area contributed by atoms with Crippen molar-refractivity contribution in [3.63, 3.8) is 0 Å². The molecule has 1 unspecified atom stereocenters. The number of nitrogens with zero attached hydrogens (tertiary/aromatic N) is 1. The summed E-state index contributed by atoms with van der Waals surface area (Å²) in [6.07, 6.45) is 4.69. The van der Waals surface area contributed by atoms with Gasteiger partial charge in [0.1, 0.15) is 11.8 Å². The molecular formula is C31H36N2O3. The van der Waals surface area contributed by atoms with E-state index in [1.807, 2.05) is 92.7 Å². The molecule has 1 aliphatic carbocycles. The first kappa shape index (κ1) is 25.5. The normalized spacial score (nSPS) is 14.3. The number of nitrogens with one attached hydrogen (secondary N) is 1. The Morgan fingerprint density at radius 3 is 2.28 bits per heavy atom. The molecule has 188 valence electrons. The predicted octanol–water partition coefficient (Wildman–Crippen LogP) is 5.38. The molecule has 0 aliphatic heterocycles. The molecule has 0 radical (unpaired) electrons. The standard InChI is InChI=1S/C31H36N2O3/c1-23-16-18-28(19-17-23)36-22-30(34)33(21-26-13-7-6-10-24(26)2)29(20-25-11-4-3-5-12-25)31(35)32-27-14-8-9-15-27/h3-7,10-13,16-19,27,29H,8-9,14-15,20-22H2,1-2H3,(H,32,35). The van der Waals surface area contributed by atoms with Crippen LogP contribution in [0.5, 0.6) is 5.75 Å². The molecule has 0 aromatic heterocycles. The quantitative estimate of drug-likeness (QED) is 0.420. The minimum atomic E-state index is -0.637. The van der Waals surface area contributed by atoms with E-state index in [1.54, 1.807) is 4.90 Å². The van der Waals surface area contributed by atoms with Crippen molar-refractivity contribution in [3.8, 4) is 5.75 Å². The van der Waals surface area contributed by atoms with Crippen LogP contribution < -0.4 is 10.1 Å². The fourth-order valence-electron chi connectivity index (χ4n) is 4.75. The summed E-state index contributed by atoms with van der Waals surface area (Å²) in [4.78, 5) is 29.1. The van der Waals surface area contributed by atoms with Gasteiger partial charge in [0.05, 0.1) is 0 Å². The van der Waals surface area contributed by atoms with Crippen LogP contribution in [0.3, 0.4) is 0 Å². The molecule has 5 nitrogen and oxygen atoms in total. The maximum absolute atomic E-state index is 13.7. The molecule has 0 saturated heterocycles. The third-order valence-corrected chi connectivity index (χ3v) is 6.96. The minimum absolute atomic E-state index is 0.0944. The van der Waals surface area contributed by atoms with Gasteiger partial charge < -0.3 is 15.0 Å². The number of benzene rings is 3. The van der Waals surface area contributed by atoms with E-state index in [1.165, 1.54) is 0 Å². The molecule has 0 bridgehead atoms. The van der Waals surface area contributed by atoms with Crippen LogP contribution in [-0.4, -0.2) is 35.4 Å². The van der Waals surface area contributed by atoms with Gasteiger partial charge in [-0.25, -0.2) is 0 Å². The van der Waals surface area contributed by atoms with Crippen molar-refractivity contribution < 1.29 is 14.3 Å². The molecule has 1 aliphatic rings. The van der Waals surface area contributed by atoms with E-state index in [-0.39, 0.29) is 24.5 Å². The lowest BCUT2D eigenvalue weighted by atomic mass is 10.0. The SMILES string of the molecule is Cc1ccc(OCC(=O)N(Cc2ccccc2C)C(Cc2ccccc2)C(=O)NC2CCCC2)cc1. The highest BCUT2D eigenvalue weighted by Crippen LogP contribution is 2.21. The van der Waals surface area contributed by atoms with Crippen LogP contribution in [0, 0.1) is 13.8 Å². The Morgan fingerprint density at radius 2 is 1.58 bits per heavy atom. The summed E-state index contributed by atoms with van der Waals surface area (Å²) in [5.74, 6) is 0.337. The van der Waals surface area contributed by atoms with Crippen molar-refractivity contribution in [2.75, 3.05) is 6.61 Å². The zero-order valence-corrected chi connectivity index (χ0v) is 21.3. The zero-order valence-electron chi connectivity index (χ0n) is 21.3. The number of hydrogen-bond donors (Lipinski definition) is 1. The molecule has 1 N–H and O–H groups in total. The van der Waals surface area contributed by atoms with Gasteiger partial charge in [-0.1, -0.05) is 85.1 Å². The number of hydrogen-bond acceptors (Lipinski definition) is 3. The molecule has 1 saturated carbocycles. The van der Waals surface area contributed by atoms with Crippen molar-refractivity contribution in [2.24, 2.45) is 0 Å². The van der Waals surface area contributed by atoms with E-state index < -0.39 is 6.04 Å². The van der Waals surface area contributed by atoms with Gasteiger partial charge in [0.2, 0.25) is 5.91 Å². The summed E-state index contributed by atoms with van der Waals surface area (Å²) < 4.78 is 5.86. The molecule has 36 heavy (non-hydrogen) atoms. The third-order valence-electron chi connectivity index (χ3n) is 6.96. The van der Waals surface area contributed by atoms with E-state index in [9.17, 15) is 9.59 Å². The van der Waals surface area contributed by atoms with Crippen molar-refractivity contribution in [1.82, 2.24) is 10.2 Å². The smallest absolute Gasteiger partial charge is 0.261 e.